The van der Waals surface area contributed by atoms with Gasteiger partial charge in [-0.15, -0.1) is 0 Å². The minimum absolute atomic E-state index is 0.0867. The van der Waals surface area contributed by atoms with Gasteiger partial charge < -0.3 is 25.8 Å². The summed E-state index contributed by atoms with van der Waals surface area (Å²) in [6.07, 6.45) is -8.97. The standard InChI is InChI=1S/C18H18F3N5O4/c1-7-4-8(2-3-9(7)18(19,20)21)11(27)14-12(28)13(29)17(30-14)26-6-25-10-15(22)23-5-24-16(10)26/h2-6,11-14,17,27-29H,1H3,(H2,22,23,24)/t11-,12+,13-,14-,17-/m1/s1. The zero-order valence-corrected chi connectivity index (χ0v) is 15.5. The fourth-order valence-corrected chi connectivity index (χ4v) is 3.61. The average Bonchev–Trinajstić information content (AvgIpc) is 3.23. The van der Waals surface area contributed by atoms with Gasteiger partial charge in [0.05, 0.1) is 11.9 Å². The molecule has 0 saturated carbocycles. The number of ether oxygens (including phenoxy) is 1. The number of imidazole rings is 1. The first-order chi connectivity index (χ1) is 14.1. The molecule has 12 heteroatoms. The first-order valence-corrected chi connectivity index (χ1v) is 8.90. The maximum atomic E-state index is 13.0. The van der Waals surface area contributed by atoms with E-state index in [4.69, 9.17) is 10.5 Å². The zero-order valence-electron chi connectivity index (χ0n) is 15.5. The maximum absolute atomic E-state index is 13.0. The third-order valence-corrected chi connectivity index (χ3v) is 5.15. The molecule has 9 nitrogen and oxygen atoms in total. The predicted octanol–water partition coefficient (Wildman–Crippen LogP) is 1.09. The van der Waals surface area contributed by atoms with Crippen LogP contribution < -0.4 is 5.73 Å². The summed E-state index contributed by atoms with van der Waals surface area (Å²) in [6.45, 7) is 1.27. The Morgan fingerprint density at radius 2 is 1.90 bits per heavy atom. The van der Waals surface area contributed by atoms with Gasteiger partial charge in [0.1, 0.15) is 36.3 Å². The number of nitrogens with two attached hydrogens (primary N) is 1. The van der Waals surface area contributed by atoms with E-state index in [1.165, 1.54) is 30.2 Å². The Morgan fingerprint density at radius 3 is 2.57 bits per heavy atom. The van der Waals surface area contributed by atoms with Gasteiger partial charge in [0.15, 0.2) is 17.7 Å². The van der Waals surface area contributed by atoms with Gasteiger partial charge in [0, 0.05) is 0 Å². The highest BCUT2D eigenvalue weighted by Crippen LogP contribution is 2.39. The Balaban J connectivity index is 1.63. The summed E-state index contributed by atoms with van der Waals surface area (Å²) < 4.78 is 45.9. The summed E-state index contributed by atoms with van der Waals surface area (Å²) in [5.74, 6) is 0.114. The second kappa shape index (κ2) is 7.16. The van der Waals surface area contributed by atoms with Gasteiger partial charge in [-0.1, -0.05) is 12.1 Å². The summed E-state index contributed by atoms with van der Waals surface area (Å²) in [7, 11) is 0. The molecule has 3 aromatic rings. The first kappa shape index (κ1) is 20.5. The molecular weight excluding hydrogens is 407 g/mol. The van der Waals surface area contributed by atoms with Crippen LogP contribution in [0, 0.1) is 6.92 Å². The number of aliphatic hydroxyl groups excluding tert-OH is 3. The molecule has 1 aliphatic heterocycles. The molecule has 5 N–H and O–H groups in total. The Labute approximate surface area is 167 Å². The van der Waals surface area contributed by atoms with Crippen LogP contribution in [0.5, 0.6) is 0 Å². The summed E-state index contributed by atoms with van der Waals surface area (Å²) in [4.78, 5) is 11.9. The van der Waals surface area contributed by atoms with Crippen molar-refractivity contribution in [3.05, 3.63) is 47.5 Å². The number of alkyl halides is 3. The highest BCUT2D eigenvalue weighted by molar-refractivity contribution is 5.81. The monoisotopic (exact) mass is 425 g/mol. The van der Waals surface area contributed by atoms with Crippen LogP contribution in [0.2, 0.25) is 0 Å². The molecule has 0 bridgehead atoms. The number of nitrogen functional groups attached to an aromatic ring is 1. The third kappa shape index (κ3) is 3.27. The van der Waals surface area contributed by atoms with Crippen LogP contribution in [0.15, 0.2) is 30.9 Å². The molecule has 0 radical (unpaired) electrons. The Hall–Kier alpha value is -2.80. The van der Waals surface area contributed by atoms with Crippen molar-refractivity contribution in [1.29, 1.82) is 0 Å². The van der Waals surface area contributed by atoms with Gasteiger partial charge in [-0.3, -0.25) is 4.57 Å². The molecule has 1 aromatic carbocycles. The van der Waals surface area contributed by atoms with E-state index in [1.54, 1.807) is 0 Å². The molecule has 1 saturated heterocycles. The fraction of sp³-hybridized carbons (Fsp3) is 0.389. The summed E-state index contributed by atoms with van der Waals surface area (Å²) >= 11 is 0. The zero-order chi connectivity index (χ0) is 21.8. The van der Waals surface area contributed by atoms with E-state index in [1.807, 2.05) is 0 Å². The van der Waals surface area contributed by atoms with Gasteiger partial charge in [-0.2, -0.15) is 13.2 Å². The van der Waals surface area contributed by atoms with Crippen LogP contribution in [0.4, 0.5) is 19.0 Å². The van der Waals surface area contributed by atoms with Gasteiger partial charge in [-0.05, 0) is 24.1 Å². The molecule has 4 rings (SSSR count). The number of hydrogen-bond donors (Lipinski definition) is 4. The van der Waals surface area contributed by atoms with Crippen LogP contribution in [0.3, 0.4) is 0 Å². The van der Waals surface area contributed by atoms with E-state index < -0.39 is 42.4 Å². The number of rotatable bonds is 3. The average molecular weight is 425 g/mol. The molecule has 160 valence electrons. The maximum Gasteiger partial charge on any atom is 0.416 e. The summed E-state index contributed by atoms with van der Waals surface area (Å²) in [5.41, 5.74) is 5.45. The number of nitrogens with zero attached hydrogens (tertiary/aromatic N) is 4. The molecule has 1 aliphatic rings. The fourth-order valence-electron chi connectivity index (χ4n) is 3.61. The molecule has 0 spiro atoms. The topological polar surface area (TPSA) is 140 Å². The number of aromatic nitrogens is 4. The molecule has 2 aromatic heterocycles. The van der Waals surface area contributed by atoms with E-state index in [-0.39, 0.29) is 28.1 Å². The van der Waals surface area contributed by atoms with Crippen molar-refractivity contribution >= 4 is 17.0 Å². The lowest BCUT2D eigenvalue weighted by atomic mass is 9.96. The molecule has 0 amide bonds. The molecule has 30 heavy (non-hydrogen) atoms. The molecular formula is C18H18F3N5O4. The minimum atomic E-state index is -4.52. The van der Waals surface area contributed by atoms with Crippen molar-refractivity contribution in [2.24, 2.45) is 0 Å². The smallest absolute Gasteiger partial charge is 0.387 e. The van der Waals surface area contributed by atoms with E-state index in [2.05, 4.69) is 15.0 Å². The quantitative estimate of drug-likeness (QED) is 0.489. The van der Waals surface area contributed by atoms with Crippen LogP contribution in [-0.4, -0.2) is 53.2 Å². The van der Waals surface area contributed by atoms with E-state index in [0.29, 0.717) is 0 Å². The number of anilines is 1. The molecule has 0 unspecified atom stereocenters. The number of halogens is 3. The minimum Gasteiger partial charge on any atom is -0.387 e. The summed E-state index contributed by atoms with van der Waals surface area (Å²) in [6, 6.07) is 3.13. The van der Waals surface area contributed by atoms with Crippen LogP contribution in [0.1, 0.15) is 29.0 Å². The van der Waals surface area contributed by atoms with Crippen LogP contribution in [-0.2, 0) is 10.9 Å². The number of benzene rings is 1. The summed E-state index contributed by atoms with van der Waals surface area (Å²) in [5, 5.41) is 31.6. The lowest BCUT2D eigenvalue weighted by Gasteiger charge is -2.22. The molecule has 5 atom stereocenters. The number of fused-ring (bicyclic) bond motifs is 1. The second-order valence-corrected chi connectivity index (χ2v) is 7.07. The van der Waals surface area contributed by atoms with Gasteiger partial charge in [-0.25, -0.2) is 15.0 Å². The molecule has 1 fully saturated rings. The predicted molar refractivity (Wildman–Crippen MR) is 96.8 cm³/mol. The van der Waals surface area contributed by atoms with Gasteiger partial charge >= 0.3 is 6.18 Å². The van der Waals surface area contributed by atoms with E-state index in [9.17, 15) is 28.5 Å². The lowest BCUT2D eigenvalue weighted by molar-refractivity contribution is -0.138. The molecule has 3 heterocycles. The number of aryl methyl sites for hydroxylation is 1. The van der Waals surface area contributed by atoms with E-state index in [0.717, 1.165) is 12.1 Å². The van der Waals surface area contributed by atoms with Gasteiger partial charge in [0.2, 0.25) is 0 Å². The van der Waals surface area contributed by atoms with E-state index >= 15 is 0 Å². The Morgan fingerprint density at radius 1 is 1.17 bits per heavy atom. The largest absolute Gasteiger partial charge is 0.416 e. The van der Waals surface area contributed by atoms with Crippen molar-refractivity contribution in [2.45, 2.75) is 43.7 Å². The lowest BCUT2D eigenvalue weighted by Crippen LogP contribution is -2.34. The van der Waals surface area contributed by atoms with Crippen molar-refractivity contribution in [3.8, 4) is 0 Å². The highest BCUT2D eigenvalue weighted by Gasteiger charge is 2.48. The number of aliphatic hydroxyl groups is 3. The number of hydrogen-bond acceptors (Lipinski definition) is 8. The third-order valence-electron chi connectivity index (χ3n) is 5.15. The first-order valence-electron chi connectivity index (χ1n) is 8.90. The SMILES string of the molecule is Cc1cc([C@@H](O)[C@H]2O[C@@H](n3cnc4c(N)ncnc43)[C@H](O)[C@@H]2O)ccc1C(F)(F)F. The second-order valence-electron chi connectivity index (χ2n) is 7.07. The normalized spacial score (nSPS) is 25.7. The highest BCUT2D eigenvalue weighted by atomic mass is 19.4. The van der Waals surface area contributed by atoms with Gasteiger partial charge in [0.25, 0.3) is 0 Å². The van der Waals surface area contributed by atoms with Crippen molar-refractivity contribution < 1.29 is 33.2 Å². The molecule has 0 aliphatic carbocycles. The van der Waals surface area contributed by atoms with Crippen molar-refractivity contribution in [3.63, 3.8) is 0 Å². The van der Waals surface area contributed by atoms with Crippen molar-refractivity contribution in [1.82, 2.24) is 19.5 Å². The Bertz CT molecular complexity index is 1090. The van der Waals surface area contributed by atoms with Crippen molar-refractivity contribution in [2.75, 3.05) is 5.73 Å². The van der Waals surface area contributed by atoms with Crippen LogP contribution in [0.25, 0.3) is 11.2 Å². The van der Waals surface area contributed by atoms with Crippen LogP contribution >= 0.6 is 0 Å². The Kier molecular flexibility index (Phi) is 4.89.